The highest BCUT2D eigenvalue weighted by molar-refractivity contribution is 6.73. The fourth-order valence-electron chi connectivity index (χ4n) is 1.33. The molecular formula is C11H9BF3N2O-. The van der Waals surface area contributed by atoms with E-state index in [0.29, 0.717) is 5.69 Å². The molecule has 0 aliphatic heterocycles. The zero-order valence-corrected chi connectivity index (χ0v) is 9.26. The summed E-state index contributed by atoms with van der Waals surface area (Å²) in [7, 11) is 0. The Hall–Kier alpha value is -2.05. The Morgan fingerprint density at radius 2 is 2.00 bits per heavy atom. The molecule has 0 saturated carbocycles. The Morgan fingerprint density at radius 3 is 2.67 bits per heavy atom. The lowest BCUT2D eigenvalue weighted by Gasteiger charge is -2.15. The molecule has 0 spiro atoms. The predicted molar refractivity (Wildman–Crippen MR) is 61.5 cm³/mol. The van der Waals surface area contributed by atoms with Crippen molar-refractivity contribution in [2.75, 3.05) is 0 Å². The van der Waals surface area contributed by atoms with Gasteiger partial charge < -0.3 is 17.7 Å². The standard InChI is InChI=1S/C11H9BF3N2O/c13-12(14,15)9-5-11(7-16-6-9)18-8-10-3-1-2-4-17-10/h1-7H,8H2/q-1. The molecule has 0 aliphatic rings. The van der Waals surface area contributed by atoms with Crippen molar-refractivity contribution in [2.45, 2.75) is 6.61 Å². The second kappa shape index (κ2) is 5.08. The number of ether oxygens (including phenoxy) is 1. The SMILES string of the molecule is F[B-](F)(F)c1cncc(OCc2ccccn2)c1. The summed E-state index contributed by atoms with van der Waals surface area (Å²) in [5.41, 5.74) is -0.131. The van der Waals surface area contributed by atoms with E-state index in [1.807, 2.05) is 0 Å². The van der Waals surface area contributed by atoms with Crippen LogP contribution in [-0.4, -0.2) is 16.9 Å². The summed E-state index contributed by atoms with van der Waals surface area (Å²) in [6.07, 6.45) is 3.62. The molecule has 0 bridgehead atoms. The van der Waals surface area contributed by atoms with E-state index in [9.17, 15) is 12.9 Å². The molecule has 0 atom stereocenters. The van der Waals surface area contributed by atoms with E-state index in [-0.39, 0.29) is 12.4 Å². The maximum atomic E-state index is 12.5. The van der Waals surface area contributed by atoms with E-state index >= 15 is 0 Å². The van der Waals surface area contributed by atoms with Gasteiger partial charge >= 0.3 is 6.98 Å². The van der Waals surface area contributed by atoms with Gasteiger partial charge in [0.25, 0.3) is 0 Å². The highest BCUT2D eigenvalue weighted by Gasteiger charge is 2.26. The first-order valence-corrected chi connectivity index (χ1v) is 5.23. The van der Waals surface area contributed by atoms with Crippen LogP contribution < -0.4 is 10.2 Å². The lowest BCUT2D eigenvalue weighted by Crippen LogP contribution is -2.34. The summed E-state index contributed by atoms with van der Waals surface area (Å²) in [5, 5.41) is 0. The Morgan fingerprint density at radius 1 is 1.17 bits per heavy atom. The molecule has 0 aliphatic carbocycles. The molecule has 7 heteroatoms. The van der Waals surface area contributed by atoms with Crippen LogP contribution in [-0.2, 0) is 6.61 Å². The second-order valence-corrected chi connectivity index (χ2v) is 3.64. The van der Waals surface area contributed by atoms with E-state index in [1.54, 1.807) is 24.4 Å². The van der Waals surface area contributed by atoms with Gasteiger partial charge in [-0.25, -0.2) is 0 Å². The number of rotatable bonds is 4. The Bertz CT molecular complexity index is 519. The number of hydrogen-bond acceptors (Lipinski definition) is 3. The van der Waals surface area contributed by atoms with Gasteiger partial charge in [-0.1, -0.05) is 11.5 Å². The summed E-state index contributed by atoms with van der Waals surface area (Å²) in [6, 6.07) is 6.19. The van der Waals surface area contributed by atoms with Crippen molar-refractivity contribution in [3.05, 3.63) is 48.5 Å². The van der Waals surface area contributed by atoms with Crippen molar-refractivity contribution in [2.24, 2.45) is 0 Å². The summed E-state index contributed by atoms with van der Waals surface area (Å²) < 4.78 is 42.7. The van der Waals surface area contributed by atoms with Crippen LogP contribution in [0.4, 0.5) is 12.9 Å². The molecule has 0 N–H and O–H groups in total. The van der Waals surface area contributed by atoms with Gasteiger partial charge in [0.2, 0.25) is 0 Å². The van der Waals surface area contributed by atoms with Crippen LogP contribution in [0.15, 0.2) is 42.9 Å². The number of halogens is 3. The van der Waals surface area contributed by atoms with Crippen LogP contribution in [0.25, 0.3) is 0 Å². The normalized spacial score (nSPS) is 11.3. The quantitative estimate of drug-likeness (QED) is 0.782. The minimum Gasteiger partial charge on any atom is -0.486 e. The largest absolute Gasteiger partial charge is 0.511 e. The Kier molecular flexibility index (Phi) is 3.50. The van der Waals surface area contributed by atoms with Gasteiger partial charge in [-0.3, -0.25) is 9.97 Å². The lowest BCUT2D eigenvalue weighted by atomic mass is 9.81. The highest BCUT2D eigenvalue weighted by Crippen LogP contribution is 2.13. The van der Waals surface area contributed by atoms with Crippen LogP contribution in [0.1, 0.15) is 5.69 Å². The van der Waals surface area contributed by atoms with E-state index in [1.165, 1.54) is 6.20 Å². The molecule has 0 aromatic carbocycles. The van der Waals surface area contributed by atoms with E-state index in [4.69, 9.17) is 4.74 Å². The maximum Gasteiger partial charge on any atom is 0.511 e. The third-order valence-corrected chi connectivity index (χ3v) is 2.23. The van der Waals surface area contributed by atoms with Crippen molar-refractivity contribution in [1.82, 2.24) is 9.97 Å². The van der Waals surface area contributed by atoms with Crippen molar-refractivity contribution in [3.63, 3.8) is 0 Å². The molecule has 0 fully saturated rings. The monoisotopic (exact) mass is 253 g/mol. The van der Waals surface area contributed by atoms with Crippen molar-refractivity contribution in [1.29, 1.82) is 0 Å². The number of nitrogens with zero attached hydrogens (tertiary/aromatic N) is 2. The summed E-state index contributed by atoms with van der Waals surface area (Å²) in [5.74, 6) is 0.0809. The molecule has 3 nitrogen and oxygen atoms in total. The van der Waals surface area contributed by atoms with Crippen LogP contribution in [0.5, 0.6) is 5.75 Å². The molecule has 2 heterocycles. The number of hydrogen-bond donors (Lipinski definition) is 0. The molecule has 18 heavy (non-hydrogen) atoms. The molecule has 0 amide bonds. The minimum atomic E-state index is -5.05. The number of aromatic nitrogens is 2. The zero-order chi connectivity index (χ0) is 13.0. The van der Waals surface area contributed by atoms with E-state index in [0.717, 1.165) is 12.3 Å². The third-order valence-electron chi connectivity index (χ3n) is 2.23. The third kappa shape index (κ3) is 3.22. The molecule has 0 radical (unpaired) electrons. The Labute approximate surface area is 102 Å². The second-order valence-electron chi connectivity index (χ2n) is 3.64. The van der Waals surface area contributed by atoms with Crippen LogP contribution in [0.3, 0.4) is 0 Å². The molecule has 94 valence electrons. The molecule has 2 rings (SSSR count). The van der Waals surface area contributed by atoms with Gasteiger partial charge in [-0.15, -0.1) is 0 Å². The fourth-order valence-corrected chi connectivity index (χ4v) is 1.33. The first-order valence-electron chi connectivity index (χ1n) is 5.23. The van der Waals surface area contributed by atoms with Gasteiger partial charge in [0.1, 0.15) is 12.4 Å². The van der Waals surface area contributed by atoms with Gasteiger partial charge in [0.05, 0.1) is 11.9 Å². The van der Waals surface area contributed by atoms with E-state index < -0.39 is 12.4 Å². The van der Waals surface area contributed by atoms with Gasteiger partial charge in [-0.2, -0.15) is 0 Å². The lowest BCUT2D eigenvalue weighted by molar-refractivity contribution is 0.300. The van der Waals surface area contributed by atoms with Gasteiger partial charge in [0, 0.05) is 12.4 Å². The first-order chi connectivity index (χ1) is 8.55. The zero-order valence-electron chi connectivity index (χ0n) is 9.26. The summed E-state index contributed by atoms with van der Waals surface area (Å²) in [6.45, 7) is -4.95. The highest BCUT2D eigenvalue weighted by atomic mass is 19.4. The first kappa shape index (κ1) is 12.4. The van der Waals surface area contributed by atoms with Gasteiger partial charge in [0.15, 0.2) is 0 Å². The molecular weight excluding hydrogens is 244 g/mol. The molecule has 0 unspecified atom stereocenters. The van der Waals surface area contributed by atoms with E-state index in [2.05, 4.69) is 9.97 Å². The predicted octanol–water partition coefficient (Wildman–Crippen LogP) is 2.11. The molecule has 2 aromatic heterocycles. The average molecular weight is 253 g/mol. The molecule has 0 saturated heterocycles. The topological polar surface area (TPSA) is 35.0 Å². The van der Waals surface area contributed by atoms with Crippen LogP contribution >= 0.6 is 0 Å². The maximum absolute atomic E-state index is 12.5. The average Bonchev–Trinajstić information content (AvgIpc) is 2.37. The fraction of sp³-hybridized carbons (Fsp3) is 0.0909. The van der Waals surface area contributed by atoms with Crippen molar-refractivity contribution >= 4 is 12.4 Å². The Balaban J connectivity index is 2.06. The summed E-state index contributed by atoms with van der Waals surface area (Å²) in [4.78, 5) is 7.51. The molecule has 2 aromatic rings. The van der Waals surface area contributed by atoms with Crippen LogP contribution in [0.2, 0.25) is 0 Å². The van der Waals surface area contributed by atoms with Crippen molar-refractivity contribution < 1.29 is 17.7 Å². The van der Waals surface area contributed by atoms with Gasteiger partial charge in [-0.05, 0) is 18.2 Å². The number of pyridine rings is 2. The smallest absolute Gasteiger partial charge is 0.486 e. The minimum absolute atomic E-state index is 0.0809. The van der Waals surface area contributed by atoms with Crippen LogP contribution in [0, 0.1) is 0 Å². The summed E-state index contributed by atoms with van der Waals surface area (Å²) >= 11 is 0. The van der Waals surface area contributed by atoms with Crippen molar-refractivity contribution in [3.8, 4) is 5.75 Å².